The molecule has 0 saturated carbocycles. The van der Waals surface area contributed by atoms with Gasteiger partial charge in [0.25, 0.3) is 0 Å². The summed E-state index contributed by atoms with van der Waals surface area (Å²) in [4.78, 5) is 23.4. The molecule has 0 spiro atoms. The van der Waals surface area contributed by atoms with Crippen LogP contribution in [0.4, 0.5) is 15.8 Å². The average Bonchev–Trinajstić information content (AvgIpc) is 2.61. The summed E-state index contributed by atoms with van der Waals surface area (Å²) in [6.45, 7) is 0. The van der Waals surface area contributed by atoms with Crippen LogP contribution in [0, 0.1) is 5.82 Å². The summed E-state index contributed by atoms with van der Waals surface area (Å²) in [5.74, 6) is -1.81. The number of hydrogen-bond donors (Lipinski definition) is 5. The minimum absolute atomic E-state index is 0.0905. The Balaban J connectivity index is 1.69. The fraction of sp³-hybridized carbons (Fsp3) is 0.0625. The second-order valence-corrected chi connectivity index (χ2v) is 5.81. The van der Waals surface area contributed by atoms with Crippen molar-refractivity contribution in [2.45, 2.75) is 6.42 Å². The summed E-state index contributed by atoms with van der Waals surface area (Å²) < 4.78 is 13.4. The van der Waals surface area contributed by atoms with Gasteiger partial charge in [0.1, 0.15) is 12.2 Å². The number of benzene rings is 2. The summed E-state index contributed by atoms with van der Waals surface area (Å²) in [7, 11) is 0. The number of rotatable bonds is 5. The lowest BCUT2D eigenvalue weighted by Crippen LogP contribution is -2.45. The van der Waals surface area contributed by atoms with Crippen LogP contribution >= 0.6 is 23.8 Å². The van der Waals surface area contributed by atoms with E-state index in [9.17, 15) is 14.0 Å². The van der Waals surface area contributed by atoms with E-state index in [1.165, 1.54) is 18.2 Å². The molecular formula is C16H15ClFN5O2S. The molecule has 136 valence electrons. The van der Waals surface area contributed by atoms with Gasteiger partial charge in [0, 0.05) is 10.7 Å². The first-order chi connectivity index (χ1) is 12.4. The monoisotopic (exact) mass is 395 g/mol. The van der Waals surface area contributed by atoms with Gasteiger partial charge in [0.05, 0.1) is 5.69 Å². The minimum atomic E-state index is -0.649. The Morgan fingerprint density at radius 3 is 2.31 bits per heavy atom. The van der Waals surface area contributed by atoms with Gasteiger partial charge in [-0.1, -0.05) is 23.7 Å². The van der Waals surface area contributed by atoms with Crippen molar-refractivity contribution in [3.8, 4) is 0 Å². The second-order valence-electron chi connectivity index (χ2n) is 4.96. The number of anilines is 2. The van der Waals surface area contributed by atoms with Crippen molar-refractivity contribution in [1.29, 1.82) is 0 Å². The van der Waals surface area contributed by atoms with Crippen LogP contribution in [-0.2, 0) is 9.59 Å². The van der Waals surface area contributed by atoms with Gasteiger partial charge < -0.3 is 5.32 Å². The molecule has 0 aliphatic heterocycles. The number of thiocarbonyl (C=S) groups is 1. The number of halogens is 2. The van der Waals surface area contributed by atoms with Crippen molar-refractivity contribution >= 4 is 52.1 Å². The molecule has 0 saturated heterocycles. The normalized spacial score (nSPS) is 9.77. The van der Waals surface area contributed by atoms with Crippen LogP contribution < -0.4 is 27.0 Å². The lowest BCUT2D eigenvalue weighted by atomic mass is 10.3. The molecule has 0 atom stereocenters. The van der Waals surface area contributed by atoms with Gasteiger partial charge in [0.2, 0.25) is 11.8 Å². The van der Waals surface area contributed by atoms with Crippen molar-refractivity contribution in [2.24, 2.45) is 0 Å². The van der Waals surface area contributed by atoms with E-state index in [4.69, 9.17) is 23.8 Å². The zero-order valence-corrected chi connectivity index (χ0v) is 14.9. The molecule has 26 heavy (non-hydrogen) atoms. The fourth-order valence-electron chi connectivity index (χ4n) is 1.76. The third-order valence-corrected chi connectivity index (χ3v) is 3.41. The maximum atomic E-state index is 13.4. The molecule has 0 aromatic heterocycles. The highest BCUT2D eigenvalue weighted by atomic mass is 35.5. The number of para-hydroxylation sites is 1. The minimum Gasteiger partial charge on any atom is -0.331 e. The first-order valence-corrected chi connectivity index (χ1v) is 8.13. The Hall–Kier alpha value is -2.91. The van der Waals surface area contributed by atoms with Crippen LogP contribution in [0.25, 0.3) is 0 Å². The standard InChI is InChI=1S/C16H15ClFN5O2S/c17-10-5-7-11(8-6-10)19-16(26)23-22-15(25)9-14(24)21-20-13-4-2-1-3-12(13)18/h1-8,20H,9H2,(H,21,24)(H,22,25)(H2,19,23,26). The molecule has 0 radical (unpaired) electrons. The van der Waals surface area contributed by atoms with Gasteiger partial charge in [-0.3, -0.25) is 31.3 Å². The lowest BCUT2D eigenvalue weighted by molar-refractivity contribution is -0.129. The van der Waals surface area contributed by atoms with E-state index in [1.807, 2.05) is 0 Å². The van der Waals surface area contributed by atoms with Crippen LogP contribution in [-0.4, -0.2) is 16.9 Å². The first kappa shape index (κ1) is 19.4. The lowest BCUT2D eigenvalue weighted by Gasteiger charge is -2.12. The Morgan fingerprint density at radius 1 is 0.962 bits per heavy atom. The Kier molecular flexibility index (Phi) is 7.12. The summed E-state index contributed by atoms with van der Waals surface area (Å²) >= 11 is 10.8. The van der Waals surface area contributed by atoms with Crippen molar-refractivity contribution < 1.29 is 14.0 Å². The number of amides is 2. The zero-order valence-electron chi connectivity index (χ0n) is 13.3. The van der Waals surface area contributed by atoms with E-state index in [-0.39, 0.29) is 10.8 Å². The second kappa shape index (κ2) is 9.54. The smallest absolute Gasteiger partial charge is 0.247 e. The highest BCUT2D eigenvalue weighted by Gasteiger charge is 2.10. The van der Waals surface area contributed by atoms with Gasteiger partial charge >= 0.3 is 0 Å². The molecular weight excluding hydrogens is 381 g/mol. The molecule has 7 nitrogen and oxygen atoms in total. The van der Waals surface area contributed by atoms with E-state index in [0.717, 1.165) is 0 Å². The molecule has 0 aliphatic rings. The third-order valence-electron chi connectivity index (χ3n) is 2.95. The molecule has 5 N–H and O–H groups in total. The van der Waals surface area contributed by atoms with Gasteiger partial charge in [-0.25, -0.2) is 4.39 Å². The van der Waals surface area contributed by atoms with Crippen LogP contribution in [0.2, 0.25) is 5.02 Å². The van der Waals surface area contributed by atoms with Crippen molar-refractivity contribution in [3.05, 3.63) is 59.4 Å². The van der Waals surface area contributed by atoms with Crippen LogP contribution in [0.5, 0.6) is 0 Å². The van der Waals surface area contributed by atoms with Gasteiger partial charge in [-0.2, -0.15) is 0 Å². The largest absolute Gasteiger partial charge is 0.331 e. The molecule has 0 heterocycles. The van der Waals surface area contributed by atoms with Crippen LogP contribution in [0.15, 0.2) is 48.5 Å². The predicted molar refractivity (Wildman–Crippen MR) is 102 cm³/mol. The summed E-state index contributed by atoms with van der Waals surface area (Å²) in [6.07, 6.45) is -0.488. The zero-order chi connectivity index (χ0) is 18.9. The molecule has 2 aromatic carbocycles. The highest BCUT2D eigenvalue weighted by Crippen LogP contribution is 2.13. The molecule has 0 unspecified atom stereocenters. The number of hydrogen-bond acceptors (Lipinski definition) is 4. The maximum absolute atomic E-state index is 13.4. The average molecular weight is 396 g/mol. The summed E-state index contributed by atoms with van der Waals surface area (Å²) in [6, 6.07) is 12.6. The van der Waals surface area contributed by atoms with Crippen LogP contribution in [0.1, 0.15) is 6.42 Å². The van der Waals surface area contributed by atoms with E-state index in [2.05, 4.69) is 27.0 Å². The van der Waals surface area contributed by atoms with Gasteiger partial charge in [-0.15, -0.1) is 0 Å². The topological polar surface area (TPSA) is 94.3 Å². The van der Waals surface area contributed by atoms with Crippen molar-refractivity contribution in [1.82, 2.24) is 16.3 Å². The molecule has 2 rings (SSSR count). The molecule has 0 bridgehead atoms. The summed E-state index contributed by atoms with van der Waals surface area (Å²) in [5.41, 5.74) is 10.1. The maximum Gasteiger partial charge on any atom is 0.247 e. The van der Waals surface area contributed by atoms with Gasteiger partial charge in [0.15, 0.2) is 5.11 Å². The molecule has 0 fully saturated rings. The first-order valence-electron chi connectivity index (χ1n) is 7.35. The Labute approximate surface area is 159 Å². The quantitative estimate of drug-likeness (QED) is 0.303. The number of nitrogens with one attached hydrogen (secondary N) is 5. The number of carbonyl (C=O) groups is 2. The Morgan fingerprint density at radius 2 is 1.62 bits per heavy atom. The van der Waals surface area contributed by atoms with E-state index in [1.54, 1.807) is 30.3 Å². The SMILES string of the molecule is O=C(CC(=O)NNc1ccccc1F)NNC(=S)Nc1ccc(Cl)cc1. The Bertz CT molecular complexity index is 803. The number of hydrazine groups is 2. The molecule has 0 aliphatic carbocycles. The summed E-state index contributed by atoms with van der Waals surface area (Å²) in [5, 5.41) is 3.53. The van der Waals surface area contributed by atoms with E-state index >= 15 is 0 Å². The van der Waals surface area contributed by atoms with E-state index in [0.29, 0.717) is 10.7 Å². The molecule has 10 heteroatoms. The fourth-order valence-corrected chi connectivity index (χ4v) is 2.05. The van der Waals surface area contributed by atoms with Crippen molar-refractivity contribution in [2.75, 3.05) is 10.7 Å². The van der Waals surface area contributed by atoms with Gasteiger partial charge in [-0.05, 0) is 48.6 Å². The van der Waals surface area contributed by atoms with Crippen molar-refractivity contribution in [3.63, 3.8) is 0 Å². The van der Waals surface area contributed by atoms with Crippen LogP contribution in [0.3, 0.4) is 0 Å². The van der Waals surface area contributed by atoms with E-state index < -0.39 is 24.1 Å². The molecule has 2 aromatic rings. The third kappa shape index (κ3) is 6.54. The number of carbonyl (C=O) groups excluding carboxylic acids is 2. The predicted octanol–water partition coefficient (Wildman–Crippen LogP) is 2.33. The molecule has 2 amide bonds. The highest BCUT2D eigenvalue weighted by molar-refractivity contribution is 7.80.